The van der Waals surface area contributed by atoms with Crippen molar-refractivity contribution in [3.05, 3.63) is 33.8 Å². The minimum absolute atomic E-state index is 0.0606. The molecule has 1 rings (SSSR count). The van der Waals surface area contributed by atoms with Crippen LogP contribution in [0.4, 0.5) is 0 Å². The van der Waals surface area contributed by atoms with Gasteiger partial charge in [-0.15, -0.1) is 0 Å². The summed E-state index contributed by atoms with van der Waals surface area (Å²) in [6, 6.07) is 5.66. The fraction of sp³-hybridized carbons (Fsp3) is 0.462. The lowest BCUT2D eigenvalue weighted by atomic mass is 10.1. The molecular weight excluding hydrogens is 282 g/mol. The highest BCUT2D eigenvalue weighted by Gasteiger charge is 2.12. The molecule has 0 aliphatic heterocycles. The van der Waals surface area contributed by atoms with Crippen LogP contribution in [-0.2, 0) is 4.74 Å². The monoisotopic (exact) mass is 299 g/mol. The predicted molar refractivity (Wildman–Crippen MR) is 72.3 cm³/mol. The fourth-order valence-corrected chi connectivity index (χ4v) is 1.84. The van der Waals surface area contributed by atoms with Gasteiger partial charge in [-0.05, 0) is 31.0 Å². The molecule has 0 bridgehead atoms. The lowest BCUT2D eigenvalue weighted by molar-refractivity contribution is 0.0894. The van der Waals surface area contributed by atoms with E-state index in [4.69, 9.17) is 4.74 Å². The van der Waals surface area contributed by atoms with E-state index < -0.39 is 0 Å². The summed E-state index contributed by atoms with van der Waals surface area (Å²) in [5, 5.41) is 2.95. The van der Waals surface area contributed by atoms with Crippen LogP contribution in [0.5, 0.6) is 0 Å². The van der Waals surface area contributed by atoms with Gasteiger partial charge in [0.2, 0.25) is 0 Å². The maximum atomic E-state index is 12.0. The molecule has 1 unspecified atom stereocenters. The molecule has 0 fully saturated rings. The molecule has 94 valence electrons. The van der Waals surface area contributed by atoms with E-state index in [1.807, 2.05) is 32.0 Å². The molecule has 3 nitrogen and oxygen atoms in total. The first-order valence-corrected chi connectivity index (χ1v) is 6.43. The zero-order chi connectivity index (χ0) is 12.8. The van der Waals surface area contributed by atoms with Crippen molar-refractivity contribution in [2.45, 2.75) is 26.3 Å². The Morgan fingerprint density at radius 3 is 2.76 bits per heavy atom. The molecule has 0 spiro atoms. The summed E-state index contributed by atoms with van der Waals surface area (Å²) in [5.74, 6) is -0.0606. The van der Waals surface area contributed by atoms with Gasteiger partial charge >= 0.3 is 0 Å². The van der Waals surface area contributed by atoms with Gasteiger partial charge in [-0.3, -0.25) is 4.79 Å². The Morgan fingerprint density at radius 2 is 2.24 bits per heavy atom. The summed E-state index contributed by atoms with van der Waals surface area (Å²) in [6.45, 7) is 4.55. The highest BCUT2D eigenvalue weighted by Crippen LogP contribution is 2.17. The van der Waals surface area contributed by atoms with Crippen molar-refractivity contribution < 1.29 is 9.53 Å². The molecule has 0 radical (unpaired) electrons. The van der Waals surface area contributed by atoms with E-state index in [1.165, 1.54) is 0 Å². The second kappa shape index (κ2) is 6.77. The Hall–Kier alpha value is -0.870. The van der Waals surface area contributed by atoms with Crippen molar-refractivity contribution in [1.29, 1.82) is 0 Å². The van der Waals surface area contributed by atoms with Crippen molar-refractivity contribution in [1.82, 2.24) is 5.32 Å². The third-order valence-corrected chi connectivity index (χ3v) is 3.48. The average Bonchev–Trinajstić information content (AvgIpc) is 2.31. The van der Waals surface area contributed by atoms with Gasteiger partial charge in [-0.25, -0.2) is 0 Å². The lowest BCUT2D eigenvalue weighted by Gasteiger charge is -2.16. The first-order valence-electron chi connectivity index (χ1n) is 5.64. The van der Waals surface area contributed by atoms with E-state index in [2.05, 4.69) is 21.2 Å². The van der Waals surface area contributed by atoms with Gasteiger partial charge in [0.15, 0.2) is 0 Å². The van der Waals surface area contributed by atoms with Crippen LogP contribution in [0.2, 0.25) is 0 Å². The van der Waals surface area contributed by atoms with Crippen LogP contribution in [0.15, 0.2) is 22.7 Å². The fourth-order valence-electron chi connectivity index (χ4n) is 1.47. The molecule has 0 saturated heterocycles. The number of ether oxygens (including phenoxy) is 1. The summed E-state index contributed by atoms with van der Waals surface area (Å²) < 4.78 is 6.00. The Balaban J connectivity index is 2.72. The third-order valence-electron chi connectivity index (χ3n) is 2.63. The number of amides is 1. The van der Waals surface area contributed by atoms with E-state index in [1.54, 1.807) is 7.11 Å². The largest absolute Gasteiger partial charge is 0.383 e. The Labute approximate surface area is 111 Å². The van der Waals surface area contributed by atoms with Crippen LogP contribution in [0.1, 0.15) is 29.3 Å². The molecule has 1 aromatic rings. The maximum Gasteiger partial charge on any atom is 0.251 e. The molecule has 0 heterocycles. The summed E-state index contributed by atoms with van der Waals surface area (Å²) in [6.07, 6.45) is 0.854. The zero-order valence-electron chi connectivity index (χ0n) is 10.4. The number of hydrogen-bond acceptors (Lipinski definition) is 2. The third kappa shape index (κ3) is 4.13. The smallest absolute Gasteiger partial charge is 0.251 e. The molecular formula is C13H18BrNO2. The maximum absolute atomic E-state index is 12.0. The molecule has 0 aromatic heterocycles. The lowest BCUT2D eigenvalue weighted by Crippen LogP contribution is -2.37. The summed E-state index contributed by atoms with van der Waals surface area (Å²) in [4.78, 5) is 12.0. The SMILES string of the molecule is CCC(COC)NC(=O)c1ccc(C)c(Br)c1. The van der Waals surface area contributed by atoms with Crippen LogP contribution in [0.3, 0.4) is 0 Å². The number of methoxy groups -OCH3 is 1. The second-order valence-corrected chi connectivity index (χ2v) is 4.85. The van der Waals surface area contributed by atoms with E-state index in [0.717, 1.165) is 16.5 Å². The van der Waals surface area contributed by atoms with Crippen molar-refractivity contribution in [3.8, 4) is 0 Å². The van der Waals surface area contributed by atoms with Crippen molar-refractivity contribution in [2.24, 2.45) is 0 Å². The van der Waals surface area contributed by atoms with Crippen LogP contribution in [-0.4, -0.2) is 25.7 Å². The number of benzene rings is 1. The van der Waals surface area contributed by atoms with Crippen LogP contribution in [0.25, 0.3) is 0 Å². The molecule has 1 atom stereocenters. The molecule has 1 amide bonds. The number of hydrogen-bond donors (Lipinski definition) is 1. The van der Waals surface area contributed by atoms with Gasteiger partial charge in [-0.1, -0.05) is 28.9 Å². The number of carbonyl (C=O) groups is 1. The highest BCUT2D eigenvalue weighted by molar-refractivity contribution is 9.10. The normalized spacial score (nSPS) is 12.2. The van der Waals surface area contributed by atoms with E-state index in [0.29, 0.717) is 12.2 Å². The van der Waals surface area contributed by atoms with Crippen molar-refractivity contribution in [3.63, 3.8) is 0 Å². The van der Waals surface area contributed by atoms with Crippen LogP contribution < -0.4 is 5.32 Å². The minimum atomic E-state index is -0.0606. The van der Waals surface area contributed by atoms with E-state index >= 15 is 0 Å². The number of nitrogens with one attached hydrogen (secondary N) is 1. The predicted octanol–water partition coefficient (Wildman–Crippen LogP) is 2.91. The quantitative estimate of drug-likeness (QED) is 0.908. The Morgan fingerprint density at radius 1 is 1.53 bits per heavy atom. The summed E-state index contributed by atoms with van der Waals surface area (Å²) in [7, 11) is 1.64. The standard InChI is InChI=1S/C13H18BrNO2/c1-4-11(8-17-3)15-13(16)10-6-5-9(2)12(14)7-10/h5-7,11H,4,8H2,1-3H3,(H,15,16). The summed E-state index contributed by atoms with van der Waals surface area (Å²) >= 11 is 3.42. The Bertz CT molecular complexity index is 393. The minimum Gasteiger partial charge on any atom is -0.383 e. The van der Waals surface area contributed by atoms with E-state index in [-0.39, 0.29) is 11.9 Å². The first kappa shape index (κ1) is 14.2. The number of rotatable bonds is 5. The highest BCUT2D eigenvalue weighted by atomic mass is 79.9. The summed E-state index contributed by atoms with van der Waals surface area (Å²) in [5.41, 5.74) is 1.78. The number of aryl methyl sites for hydroxylation is 1. The van der Waals surface area contributed by atoms with Crippen LogP contribution in [0, 0.1) is 6.92 Å². The number of halogens is 1. The van der Waals surface area contributed by atoms with Gasteiger partial charge in [-0.2, -0.15) is 0 Å². The van der Waals surface area contributed by atoms with Crippen molar-refractivity contribution >= 4 is 21.8 Å². The first-order chi connectivity index (χ1) is 8.08. The van der Waals surface area contributed by atoms with Gasteiger partial charge in [0, 0.05) is 17.1 Å². The van der Waals surface area contributed by atoms with Gasteiger partial charge in [0.05, 0.1) is 12.6 Å². The Kier molecular flexibility index (Phi) is 5.65. The molecule has 17 heavy (non-hydrogen) atoms. The zero-order valence-corrected chi connectivity index (χ0v) is 12.0. The molecule has 4 heteroatoms. The van der Waals surface area contributed by atoms with Gasteiger partial charge in [0.25, 0.3) is 5.91 Å². The number of carbonyl (C=O) groups excluding carboxylic acids is 1. The van der Waals surface area contributed by atoms with Gasteiger partial charge in [0.1, 0.15) is 0 Å². The van der Waals surface area contributed by atoms with Crippen molar-refractivity contribution in [2.75, 3.05) is 13.7 Å². The molecule has 0 aliphatic rings. The molecule has 1 N–H and O–H groups in total. The second-order valence-electron chi connectivity index (χ2n) is 4.00. The van der Waals surface area contributed by atoms with Gasteiger partial charge < -0.3 is 10.1 Å². The average molecular weight is 300 g/mol. The van der Waals surface area contributed by atoms with Crippen LogP contribution >= 0.6 is 15.9 Å². The molecule has 0 aliphatic carbocycles. The topological polar surface area (TPSA) is 38.3 Å². The molecule has 1 aromatic carbocycles. The molecule has 0 saturated carbocycles. The van der Waals surface area contributed by atoms with E-state index in [9.17, 15) is 4.79 Å².